The fourth-order valence-electron chi connectivity index (χ4n) is 2.26. The maximum Gasteiger partial charge on any atom is 0.354 e. The van der Waals surface area contributed by atoms with Crippen molar-refractivity contribution in [2.75, 3.05) is 25.1 Å². The number of carbonyl (C=O) groups excluding carboxylic acids is 1. The average molecular weight is 352 g/mol. The number of para-hydroxylation sites is 2. The zero-order valence-electron chi connectivity index (χ0n) is 14.0. The van der Waals surface area contributed by atoms with Crippen molar-refractivity contribution >= 4 is 21.7 Å². The third kappa shape index (κ3) is 3.23. The first kappa shape index (κ1) is 17.9. The second kappa shape index (κ2) is 6.96. The van der Waals surface area contributed by atoms with Crippen molar-refractivity contribution in [3.05, 3.63) is 42.2 Å². The number of carbonyl (C=O) groups is 1. The number of sulfonamides is 1. The number of aromatic nitrogens is 1. The first-order valence-corrected chi connectivity index (χ1v) is 8.72. The lowest BCUT2D eigenvalue weighted by Crippen LogP contribution is -2.26. The molecule has 0 atom stereocenters. The number of nitrogens with zero attached hydrogens (tertiary/aromatic N) is 2. The first-order chi connectivity index (χ1) is 11.3. The molecule has 2 aromatic rings. The van der Waals surface area contributed by atoms with Gasteiger partial charge in [0.1, 0.15) is 16.3 Å². The number of rotatable bonds is 6. The summed E-state index contributed by atoms with van der Waals surface area (Å²) in [6.07, 6.45) is 1.38. The molecule has 1 aromatic heterocycles. The van der Waals surface area contributed by atoms with E-state index in [0.717, 1.165) is 4.31 Å². The minimum absolute atomic E-state index is 0.00135. The molecule has 0 radical (unpaired) electrons. The quantitative estimate of drug-likeness (QED) is 0.744. The molecular formula is C16H20N2O5S. The van der Waals surface area contributed by atoms with Crippen molar-refractivity contribution in [2.24, 2.45) is 7.05 Å². The van der Waals surface area contributed by atoms with Crippen molar-refractivity contribution in [1.82, 2.24) is 4.57 Å². The fraction of sp³-hybridized carbons (Fsp3) is 0.312. The van der Waals surface area contributed by atoms with E-state index < -0.39 is 16.0 Å². The fourth-order valence-corrected chi connectivity index (χ4v) is 3.54. The van der Waals surface area contributed by atoms with Gasteiger partial charge in [0.2, 0.25) is 0 Å². The van der Waals surface area contributed by atoms with Crippen LogP contribution in [0.2, 0.25) is 0 Å². The summed E-state index contributed by atoms with van der Waals surface area (Å²) in [4.78, 5) is 11.9. The van der Waals surface area contributed by atoms with Gasteiger partial charge < -0.3 is 14.0 Å². The topological polar surface area (TPSA) is 77.8 Å². The molecule has 0 aliphatic rings. The molecule has 0 spiro atoms. The molecule has 2 rings (SSSR count). The number of anilines is 1. The Kier molecular flexibility index (Phi) is 5.18. The van der Waals surface area contributed by atoms with Crippen LogP contribution in [0.15, 0.2) is 41.4 Å². The van der Waals surface area contributed by atoms with E-state index in [1.165, 1.54) is 31.0 Å². The molecule has 0 fully saturated rings. The standard InChI is InChI=1S/C16H20N2O5S/c1-5-23-16(19)14-10-12(11-17(14)2)24(20,21)18(3)13-8-6-7-9-15(13)22-4/h6-11H,5H2,1-4H3. The van der Waals surface area contributed by atoms with E-state index in [9.17, 15) is 13.2 Å². The Morgan fingerprint density at radius 3 is 2.58 bits per heavy atom. The second-order valence-corrected chi connectivity index (χ2v) is 7.01. The Morgan fingerprint density at radius 2 is 1.96 bits per heavy atom. The molecular weight excluding hydrogens is 332 g/mol. The third-order valence-corrected chi connectivity index (χ3v) is 5.28. The monoisotopic (exact) mass is 352 g/mol. The van der Waals surface area contributed by atoms with Gasteiger partial charge in [0.15, 0.2) is 0 Å². The van der Waals surface area contributed by atoms with E-state index >= 15 is 0 Å². The Hall–Kier alpha value is -2.48. The Morgan fingerprint density at radius 1 is 1.29 bits per heavy atom. The Bertz CT molecular complexity index is 842. The Balaban J connectivity index is 2.44. The van der Waals surface area contributed by atoms with Crippen LogP contribution < -0.4 is 9.04 Å². The molecule has 0 bridgehead atoms. The number of ether oxygens (including phenoxy) is 2. The second-order valence-electron chi connectivity index (χ2n) is 5.04. The first-order valence-electron chi connectivity index (χ1n) is 7.28. The summed E-state index contributed by atoms with van der Waals surface area (Å²) in [6, 6.07) is 8.10. The van der Waals surface area contributed by atoms with Crippen molar-refractivity contribution in [1.29, 1.82) is 0 Å². The van der Waals surface area contributed by atoms with Crippen LogP contribution in [0.3, 0.4) is 0 Å². The molecule has 0 saturated heterocycles. The number of benzene rings is 1. The molecule has 7 nitrogen and oxygen atoms in total. The van der Waals surface area contributed by atoms with Crippen LogP contribution in [-0.4, -0.2) is 39.7 Å². The van der Waals surface area contributed by atoms with Gasteiger partial charge in [0, 0.05) is 20.3 Å². The van der Waals surface area contributed by atoms with E-state index in [1.54, 1.807) is 38.2 Å². The normalized spacial score (nSPS) is 11.2. The Labute approximate surface area is 141 Å². The van der Waals surface area contributed by atoms with Crippen molar-refractivity contribution < 1.29 is 22.7 Å². The van der Waals surface area contributed by atoms with Gasteiger partial charge in [0.25, 0.3) is 10.0 Å². The summed E-state index contributed by atoms with van der Waals surface area (Å²) < 4.78 is 38.4. The van der Waals surface area contributed by atoms with Gasteiger partial charge in [-0.05, 0) is 25.1 Å². The SMILES string of the molecule is CCOC(=O)c1cc(S(=O)(=O)N(C)c2ccccc2OC)cn1C. The van der Waals surface area contributed by atoms with Crippen LogP contribution in [0.5, 0.6) is 5.75 Å². The maximum atomic E-state index is 12.9. The number of aryl methyl sites for hydroxylation is 1. The summed E-state index contributed by atoms with van der Waals surface area (Å²) in [6.45, 7) is 1.90. The highest BCUT2D eigenvalue weighted by atomic mass is 32.2. The molecule has 130 valence electrons. The predicted molar refractivity (Wildman–Crippen MR) is 90.0 cm³/mol. The number of hydrogen-bond acceptors (Lipinski definition) is 5. The molecule has 0 amide bonds. The van der Waals surface area contributed by atoms with E-state index in [0.29, 0.717) is 11.4 Å². The lowest BCUT2D eigenvalue weighted by Gasteiger charge is -2.20. The van der Waals surface area contributed by atoms with Gasteiger partial charge in [-0.15, -0.1) is 0 Å². The minimum atomic E-state index is -3.85. The summed E-state index contributed by atoms with van der Waals surface area (Å²) in [5.41, 5.74) is 0.574. The van der Waals surface area contributed by atoms with E-state index in [2.05, 4.69) is 0 Å². The van der Waals surface area contributed by atoms with Gasteiger partial charge in [0.05, 0.1) is 19.4 Å². The van der Waals surface area contributed by atoms with Crippen LogP contribution >= 0.6 is 0 Å². The highest BCUT2D eigenvalue weighted by Gasteiger charge is 2.27. The van der Waals surface area contributed by atoms with Crippen LogP contribution in [0.25, 0.3) is 0 Å². The van der Waals surface area contributed by atoms with Gasteiger partial charge in [-0.2, -0.15) is 0 Å². The largest absolute Gasteiger partial charge is 0.495 e. The van der Waals surface area contributed by atoms with Gasteiger partial charge in [-0.3, -0.25) is 4.31 Å². The molecule has 8 heteroatoms. The lowest BCUT2D eigenvalue weighted by molar-refractivity contribution is 0.0515. The van der Waals surface area contributed by atoms with Crippen LogP contribution in [0, 0.1) is 0 Å². The molecule has 0 N–H and O–H groups in total. The smallest absolute Gasteiger partial charge is 0.354 e. The molecule has 0 saturated carbocycles. The van der Waals surface area contributed by atoms with Crippen LogP contribution in [0.1, 0.15) is 17.4 Å². The minimum Gasteiger partial charge on any atom is -0.495 e. The highest BCUT2D eigenvalue weighted by Crippen LogP contribution is 2.31. The molecule has 1 aromatic carbocycles. The van der Waals surface area contributed by atoms with E-state index in [-0.39, 0.29) is 17.2 Å². The lowest BCUT2D eigenvalue weighted by atomic mass is 10.3. The third-order valence-electron chi connectivity index (χ3n) is 3.55. The molecule has 0 unspecified atom stereocenters. The summed E-state index contributed by atoms with van der Waals surface area (Å²) in [7, 11) is 0.649. The number of esters is 1. The molecule has 0 aliphatic heterocycles. The van der Waals surface area contributed by atoms with Crippen LogP contribution in [-0.2, 0) is 21.8 Å². The van der Waals surface area contributed by atoms with Gasteiger partial charge >= 0.3 is 5.97 Å². The summed E-state index contributed by atoms with van der Waals surface area (Å²) in [5, 5.41) is 0. The molecule has 0 aliphatic carbocycles. The van der Waals surface area contributed by atoms with Gasteiger partial charge in [-0.1, -0.05) is 12.1 Å². The summed E-state index contributed by atoms with van der Waals surface area (Å²) in [5.74, 6) is -0.133. The van der Waals surface area contributed by atoms with Crippen molar-refractivity contribution in [3.63, 3.8) is 0 Å². The molecule has 1 heterocycles. The summed E-state index contributed by atoms with van der Waals surface area (Å²) >= 11 is 0. The predicted octanol–water partition coefficient (Wildman–Crippen LogP) is 2.04. The van der Waals surface area contributed by atoms with Crippen molar-refractivity contribution in [3.8, 4) is 5.75 Å². The number of hydrogen-bond donors (Lipinski definition) is 0. The zero-order valence-corrected chi connectivity index (χ0v) is 14.8. The maximum absolute atomic E-state index is 12.9. The van der Waals surface area contributed by atoms with Crippen molar-refractivity contribution in [2.45, 2.75) is 11.8 Å². The van der Waals surface area contributed by atoms with Gasteiger partial charge in [-0.25, -0.2) is 13.2 Å². The molecule has 24 heavy (non-hydrogen) atoms. The zero-order chi connectivity index (χ0) is 17.9. The van der Waals surface area contributed by atoms with E-state index in [1.807, 2.05) is 0 Å². The van der Waals surface area contributed by atoms with Crippen LogP contribution in [0.4, 0.5) is 5.69 Å². The van der Waals surface area contributed by atoms with E-state index in [4.69, 9.17) is 9.47 Å². The highest BCUT2D eigenvalue weighted by molar-refractivity contribution is 7.92. The number of methoxy groups -OCH3 is 1. The average Bonchev–Trinajstić information content (AvgIpc) is 2.97.